The minimum absolute atomic E-state index is 0.113. The van der Waals surface area contributed by atoms with E-state index in [4.69, 9.17) is 5.73 Å². The molecule has 2 rings (SSSR count). The van der Waals surface area contributed by atoms with Crippen LogP contribution in [0, 0.1) is 5.82 Å². The number of halogens is 1. The zero-order valence-corrected chi connectivity index (χ0v) is 11.0. The number of rotatable bonds is 5. The summed E-state index contributed by atoms with van der Waals surface area (Å²) < 4.78 is 15.4. The summed E-state index contributed by atoms with van der Waals surface area (Å²) in [5, 5.41) is 0. The number of imidazole rings is 1. The van der Waals surface area contributed by atoms with Crippen molar-refractivity contribution in [3.63, 3.8) is 0 Å². The van der Waals surface area contributed by atoms with Crippen LogP contribution in [0.2, 0.25) is 0 Å². The van der Waals surface area contributed by atoms with E-state index in [1.54, 1.807) is 12.1 Å². The smallest absolute Gasteiger partial charge is 0.125 e. The molecule has 0 bridgehead atoms. The number of nitrogens with zero attached hydrogens (tertiary/aromatic N) is 2. The number of aromatic nitrogens is 2. The molecule has 1 aromatic carbocycles. The lowest BCUT2D eigenvalue weighted by molar-refractivity contribution is 0.580. The zero-order chi connectivity index (χ0) is 13.1. The Hall–Kier alpha value is -1.42. The van der Waals surface area contributed by atoms with E-state index in [2.05, 4.69) is 23.4 Å². The van der Waals surface area contributed by atoms with Crippen LogP contribution in [-0.2, 0) is 13.0 Å². The Bertz CT molecular complexity index is 533. The summed E-state index contributed by atoms with van der Waals surface area (Å²) in [5.74, 6) is 0.748. The Balaban J connectivity index is 2.47. The summed E-state index contributed by atoms with van der Waals surface area (Å²) in [4.78, 5) is 4.58. The molecule has 0 spiro atoms. The topological polar surface area (TPSA) is 43.8 Å². The first-order valence-corrected chi connectivity index (χ1v) is 6.56. The third kappa shape index (κ3) is 2.53. The summed E-state index contributed by atoms with van der Waals surface area (Å²) in [6.45, 7) is 5.03. The molecule has 0 fully saturated rings. The summed E-state index contributed by atoms with van der Waals surface area (Å²) in [6.07, 6.45) is 2.66. The second-order valence-electron chi connectivity index (χ2n) is 4.69. The molecule has 1 atom stereocenters. The van der Waals surface area contributed by atoms with E-state index < -0.39 is 0 Å². The lowest BCUT2D eigenvalue weighted by atomic mass is 10.1. The fraction of sp³-hybridized carbons (Fsp3) is 0.500. The molecule has 0 saturated carbocycles. The molecule has 3 nitrogen and oxygen atoms in total. The molecule has 1 aromatic heterocycles. The fourth-order valence-corrected chi connectivity index (χ4v) is 2.15. The minimum Gasteiger partial charge on any atom is -0.328 e. The highest BCUT2D eigenvalue weighted by Crippen LogP contribution is 2.19. The predicted octanol–water partition coefficient (Wildman–Crippen LogP) is 2.87. The molecule has 0 aliphatic carbocycles. The minimum atomic E-state index is -0.217. The zero-order valence-electron chi connectivity index (χ0n) is 11.0. The maximum absolute atomic E-state index is 13.3. The lowest BCUT2D eigenvalue weighted by Gasteiger charge is -2.11. The first-order valence-electron chi connectivity index (χ1n) is 6.56. The highest BCUT2D eigenvalue weighted by atomic mass is 19.1. The van der Waals surface area contributed by atoms with Gasteiger partial charge in [-0.3, -0.25) is 0 Å². The van der Waals surface area contributed by atoms with Crippen LogP contribution >= 0.6 is 0 Å². The summed E-state index contributed by atoms with van der Waals surface area (Å²) in [6, 6.07) is 4.86. The van der Waals surface area contributed by atoms with E-state index in [0.717, 1.165) is 42.7 Å². The Labute approximate surface area is 107 Å². The van der Waals surface area contributed by atoms with Crippen molar-refractivity contribution in [3.8, 4) is 0 Å². The van der Waals surface area contributed by atoms with Crippen LogP contribution in [-0.4, -0.2) is 15.6 Å². The molecule has 0 radical (unpaired) electrons. The van der Waals surface area contributed by atoms with Crippen molar-refractivity contribution in [3.05, 3.63) is 29.8 Å². The van der Waals surface area contributed by atoms with Gasteiger partial charge in [-0.05, 0) is 31.0 Å². The van der Waals surface area contributed by atoms with E-state index in [1.165, 1.54) is 6.07 Å². The second-order valence-corrected chi connectivity index (χ2v) is 4.69. The van der Waals surface area contributed by atoms with Crippen LogP contribution in [0.5, 0.6) is 0 Å². The summed E-state index contributed by atoms with van der Waals surface area (Å²) in [7, 11) is 0. The molecular formula is C14H20FN3. The molecule has 98 valence electrons. The molecule has 1 heterocycles. The Kier molecular flexibility index (Phi) is 3.97. The standard InChI is InChI=1S/C14H20FN3/c1-3-7-18-13-8-10(15)5-6-12(13)17-14(18)9-11(16)4-2/h5-6,8,11H,3-4,7,9,16H2,1-2H3. The average molecular weight is 249 g/mol. The van der Waals surface area contributed by atoms with Crippen molar-refractivity contribution in [2.45, 2.75) is 45.7 Å². The molecule has 2 aromatic rings. The largest absolute Gasteiger partial charge is 0.328 e. The van der Waals surface area contributed by atoms with Crippen molar-refractivity contribution in [1.82, 2.24) is 9.55 Å². The van der Waals surface area contributed by atoms with E-state index in [0.29, 0.717) is 0 Å². The van der Waals surface area contributed by atoms with Gasteiger partial charge in [0, 0.05) is 19.0 Å². The number of nitrogens with two attached hydrogens (primary N) is 1. The van der Waals surface area contributed by atoms with Gasteiger partial charge in [0.2, 0.25) is 0 Å². The van der Waals surface area contributed by atoms with Crippen LogP contribution in [0.4, 0.5) is 4.39 Å². The highest BCUT2D eigenvalue weighted by molar-refractivity contribution is 5.76. The van der Waals surface area contributed by atoms with Crippen LogP contribution in [0.25, 0.3) is 11.0 Å². The van der Waals surface area contributed by atoms with Crippen LogP contribution in [0.15, 0.2) is 18.2 Å². The van der Waals surface area contributed by atoms with Crippen LogP contribution in [0.3, 0.4) is 0 Å². The van der Waals surface area contributed by atoms with Gasteiger partial charge in [0.1, 0.15) is 11.6 Å². The molecule has 4 heteroatoms. The van der Waals surface area contributed by atoms with Gasteiger partial charge in [-0.25, -0.2) is 9.37 Å². The van der Waals surface area contributed by atoms with Crippen molar-refractivity contribution >= 4 is 11.0 Å². The number of fused-ring (bicyclic) bond motifs is 1. The van der Waals surface area contributed by atoms with E-state index in [1.807, 2.05) is 0 Å². The van der Waals surface area contributed by atoms with Crippen molar-refractivity contribution in [2.75, 3.05) is 0 Å². The lowest BCUT2D eigenvalue weighted by Crippen LogP contribution is -2.23. The van der Waals surface area contributed by atoms with Crippen molar-refractivity contribution in [1.29, 1.82) is 0 Å². The first-order chi connectivity index (χ1) is 8.65. The predicted molar refractivity (Wildman–Crippen MR) is 72.0 cm³/mol. The highest BCUT2D eigenvalue weighted by Gasteiger charge is 2.13. The summed E-state index contributed by atoms with van der Waals surface area (Å²) in [5.41, 5.74) is 7.72. The van der Waals surface area contributed by atoms with E-state index >= 15 is 0 Å². The Morgan fingerprint density at radius 1 is 1.39 bits per heavy atom. The molecule has 0 aliphatic rings. The number of benzene rings is 1. The molecular weight excluding hydrogens is 229 g/mol. The number of hydrogen-bond donors (Lipinski definition) is 1. The van der Waals surface area contributed by atoms with Crippen molar-refractivity contribution < 1.29 is 4.39 Å². The summed E-state index contributed by atoms with van der Waals surface area (Å²) >= 11 is 0. The van der Waals surface area contributed by atoms with Gasteiger partial charge in [-0.1, -0.05) is 13.8 Å². The quantitative estimate of drug-likeness (QED) is 0.885. The Morgan fingerprint density at radius 3 is 2.83 bits per heavy atom. The van der Waals surface area contributed by atoms with Crippen LogP contribution in [0.1, 0.15) is 32.5 Å². The van der Waals surface area contributed by atoms with Gasteiger partial charge in [-0.2, -0.15) is 0 Å². The molecule has 18 heavy (non-hydrogen) atoms. The van der Waals surface area contributed by atoms with Gasteiger partial charge in [0.15, 0.2) is 0 Å². The van der Waals surface area contributed by atoms with Crippen LogP contribution < -0.4 is 5.73 Å². The second kappa shape index (κ2) is 5.48. The Morgan fingerprint density at radius 2 is 2.17 bits per heavy atom. The SMILES string of the molecule is CCCn1c(CC(N)CC)nc2ccc(F)cc21. The maximum Gasteiger partial charge on any atom is 0.125 e. The van der Waals surface area contributed by atoms with Gasteiger partial charge in [0.05, 0.1) is 11.0 Å². The molecule has 0 aliphatic heterocycles. The van der Waals surface area contributed by atoms with E-state index in [9.17, 15) is 4.39 Å². The maximum atomic E-state index is 13.3. The van der Waals surface area contributed by atoms with Crippen molar-refractivity contribution in [2.24, 2.45) is 5.73 Å². The first kappa shape index (κ1) is 13.0. The number of hydrogen-bond acceptors (Lipinski definition) is 2. The number of aryl methyl sites for hydroxylation is 1. The molecule has 1 unspecified atom stereocenters. The monoisotopic (exact) mass is 249 g/mol. The van der Waals surface area contributed by atoms with Gasteiger partial charge in [-0.15, -0.1) is 0 Å². The fourth-order valence-electron chi connectivity index (χ4n) is 2.15. The molecule has 2 N–H and O–H groups in total. The normalized spacial score (nSPS) is 13.1. The van der Waals surface area contributed by atoms with Gasteiger partial charge < -0.3 is 10.3 Å². The van der Waals surface area contributed by atoms with E-state index in [-0.39, 0.29) is 11.9 Å². The average Bonchev–Trinajstić information content (AvgIpc) is 2.68. The molecule has 0 saturated heterocycles. The third-order valence-electron chi connectivity index (χ3n) is 3.21. The third-order valence-corrected chi connectivity index (χ3v) is 3.21. The molecule has 0 amide bonds. The van der Waals surface area contributed by atoms with Gasteiger partial charge in [0.25, 0.3) is 0 Å². The van der Waals surface area contributed by atoms with Gasteiger partial charge >= 0.3 is 0 Å².